The molecule has 1 atom stereocenters. The highest BCUT2D eigenvalue weighted by Gasteiger charge is 2.24. The minimum Gasteiger partial charge on any atom is -0.305 e. The molecule has 0 saturated carbocycles. The van der Waals surface area contributed by atoms with Crippen molar-refractivity contribution in [1.82, 2.24) is 10.3 Å². The van der Waals surface area contributed by atoms with Gasteiger partial charge in [-0.3, -0.25) is 4.98 Å². The molecule has 2 rings (SSSR count). The third-order valence-corrected chi connectivity index (χ3v) is 3.51. The van der Waals surface area contributed by atoms with Gasteiger partial charge in [-0.05, 0) is 31.2 Å². The van der Waals surface area contributed by atoms with E-state index in [2.05, 4.69) is 10.3 Å². The molecule has 0 aliphatic heterocycles. The average Bonchev–Trinajstić information content (AvgIpc) is 2.43. The zero-order chi connectivity index (χ0) is 15.4. The molecule has 1 heterocycles. The normalized spacial score (nSPS) is 12.4. The lowest BCUT2D eigenvalue weighted by Crippen LogP contribution is -2.26. The van der Waals surface area contributed by atoms with Crippen molar-refractivity contribution in [3.63, 3.8) is 0 Å². The zero-order valence-corrected chi connectivity index (χ0v) is 12.8. The summed E-state index contributed by atoms with van der Waals surface area (Å²) in [4.78, 5) is 4.13. The number of benzene rings is 1. The van der Waals surface area contributed by atoms with Gasteiger partial charge in [0.15, 0.2) is 0 Å². The van der Waals surface area contributed by atoms with Crippen LogP contribution in [0, 0.1) is 11.6 Å². The lowest BCUT2D eigenvalue weighted by Gasteiger charge is -2.20. The van der Waals surface area contributed by atoms with Crippen LogP contribution in [0.2, 0.25) is 10.0 Å². The molecule has 0 saturated heterocycles. The van der Waals surface area contributed by atoms with E-state index in [9.17, 15) is 8.78 Å². The first-order valence-corrected chi connectivity index (χ1v) is 7.28. The molecule has 0 amide bonds. The first kappa shape index (κ1) is 16.1. The molecule has 0 aliphatic carbocycles. The summed E-state index contributed by atoms with van der Waals surface area (Å²) in [5.41, 5.74) is 0.251. The van der Waals surface area contributed by atoms with Crippen molar-refractivity contribution >= 4 is 23.2 Å². The average molecular weight is 331 g/mol. The van der Waals surface area contributed by atoms with Crippen molar-refractivity contribution in [3.05, 3.63) is 63.4 Å². The molecular formula is C15H14Cl2F2N2. The highest BCUT2D eigenvalue weighted by molar-refractivity contribution is 6.34. The van der Waals surface area contributed by atoms with Gasteiger partial charge in [0, 0.05) is 11.8 Å². The zero-order valence-electron chi connectivity index (χ0n) is 11.3. The van der Waals surface area contributed by atoms with Crippen LogP contribution in [0.4, 0.5) is 8.78 Å². The van der Waals surface area contributed by atoms with E-state index < -0.39 is 17.7 Å². The Morgan fingerprint density at radius 1 is 1.24 bits per heavy atom. The van der Waals surface area contributed by atoms with E-state index in [0.717, 1.165) is 6.42 Å². The highest BCUT2D eigenvalue weighted by Crippen LogP contribution is 2.31. The minimum atomic E-state index is -0.768. The van der Waals surface area contributed by atoms with Crippen LogP contribution < -0.4 is 5.32 Å². The Morgan fingerprint density at radius 3 is 2.48 bits per heavy atom. The van der Waals surface area contributed by atoms with Gasteiger partial charge in [0.2, 0.25) is 0 Å². The summed E-state index contributed by atoms with van der Waals surface area (Å²) >= 11 is 11.9. The molecule has 2 nitrogen and oxygen atoms in total. The summed E-state index contributed by atoms with van der Waals surface area (Å²) in [7, 11) is 0. The monoisotopic (exact) mass is 330 g/mol. The SMILES string of the molecule is CCCNC(c1ncc(Cl)cc1Cl)c1c(F)cccc1F. The Morgan fingerprint density at radius 2 is 1.90 bits per heavy atom. The largest absolute Gasteiger partial charge is 0.305 e. The van der Waals surface area contributed by atoms with Crippen LogP contribution in [0.1, 0.15) is 30.6 Å². The summed E-state index contributed by atoms with van der Waals surface area (Å²) in [5, 5.41) is 3.70. The molecule has 1 N–H and O–H groups in total. The molecule has 0 fully saturated rings. The number of rotatable bonds is 5. The first-order valence-electron chi connectivity index (χ1n) is 6.52. The van der Waals surface area contributed by atoms with Crippen LogP contribution in [0.15, 0.2) is 30.5 Å². The Bertz CT molecular complexity index is 615. The van der Waals surface area contributed by atoms with Crippen LogP contribution in [0.5, 0.6) is 0 Å². The standard InChI is InChI=1S/C15H14Cl2F2N2/c1-2-6-20-15(13-11(18)4-3-5-12(13)19)14-10(17)7-9(16)8-21-14/h3-5,7-8,15,20H,2,6H2,1H3. The maximum Gasteiger partial charge on any atom is 0.131 e. The molecule has 112 valence electrons. The van der Waals surface area contributed by atoms with Crippen molar-refractivity contribution in [2.24, 2.45) is 0 Å². The molecule has 0 spiro atoms. The van der Waals surface area contributed by atoms with E-state index in [4.69, 9.17) is 23.2 Å². The van der Waals surface area contributed by atoms with Gasteiger partial charge in [0.05, 0.1) is 21.8 Å². The summed E-state index contributed by atoms with van der Waals surface area (Å²) in [6.45, 7) is 2.53. The van der Waals surface area contributed by atoms with E-state index in [1.54, 1.807) is 0 Å². The van der Waals surface area contributed by atoms with Crippen molar-refractivity contribution in [1.29, 1.82) is 0 Å². The summed E-state index contributed by atoms with van der Waals surface area (Å²) < 4.78 is 28.1. The Balaban J connectivity index is 2.52. The van der Waals surface area contributed by atoms with E-state index in [1.165, 1.54) is 30.5 Å². The second-order valence-electron chi connectivity index (χ2n) is 4.54. The van der Waals surface area contributed by atoms with Crippen molar-refractivity contribution in [3.8, 4) is 0 Å². The molecule has 0 bridgehead atoms. The third-order valence-electron chi connectivity index (χ3n) is 3.00. The van der Waals surface area contributed by atoms with Gasteiger partial charge in [-0.2, -0.15) is 0 Å². The van der Waals surface area contributed by atoms with Crippen LogP contribution in [0.3, 0.4) is 0 Å². The predicted octanol–water partition coefficient (Wildman–Crippen LogP) is 4.76. The number of pyridine rings is 1. The van der Waals surface area contributed by atoms with Gasteiger partial charge in [-0.15, -0.1) is 0 Å². The molecule has 1 aromatic heterocycles. The van der Waals surface area contributed by atoms with Crippen LogP contribution in [-0.4, -0.2) is 11.5 Å². The van der Waals surface area contributed by atoms with Crippen molar-refractivity contribution < 1.29 is 8.78 Å². The maximum absolute atomic E-state index is 14.0. The van der Waals surface area contributed by atoms with E-state index in [1.807, 2.05) is 6.92 Å². The van der Waals surface area contributed by atoms with Gasteiger partial charge < -0.3 is 5.32 Å². The molecule has 0 radical (unpaired) electrons. The number of hydrogen-bond acceptors (Lipinski definition) is 2. The molecule has 2 aromatic rings. The maximum atomic E-state index is 14.0. The smallest absolute Gasteiger partial charge is 0.131 e. The minimum absolute atomic E-state index is 0.0947. The third kappa shape index (κ3) is 3.70. The first-order chi connectivity index (χ1) is 10.0. The summed E-state index contributed by atoms with van der Waals surface area (Å²) in [6.07, 6.45) is 2.21. The molecule has 6 heteroatoms. The molecular weight excluding hydrogens is 317 g/mol. The Hall–Kier alpha value is -1.23. The van der Waals surface area contributed by atoms with Crippen LogP contribution in [-0.2, 0) is 0 Å². The number of hydrogen-bond donors (Lipinski definition) is 1. The Kier molecular flexibility index (Phi) is 5.51. The van der Waals surface area contributed by atoms with Gasteiger partial charge in [-0.1, -0.05) is 36.2 Å². The van der Waals surface area contributed by atoms with Crippen molar-refractivity contribution in [2.75, 3.05) is 6.54 Å². The van der Waals surface area contributed by atoms with E-state index in [0.29, 0.717) is 17.3 Å². The molecule has 1 unspecified atom stereocenters. The number of nitrogens with zero attached hydrogens (tertiary/aromatic N) is 1. The Labute approximate surface area is 132 Å². The lowest BCUT2D eigenvalue weighted by atomic mass is 10.0. The van der Waals surface area contributed by atoms with E-state index >= 15 is 0 Å². The number of aromatic nitrogens is 1. The summed E-state index contributed by atoms with van der Waals surface area (Å²) in [5.74, 6) is -1.28. The van der Waals surface area contributed by atoms with Gasteiger partial charge >= 0.3 is 0 Å². The van der Waals surface area contributed by atoms with Gasteiger partial charge in [0.1, 0.15) is 11.6 Å². The fourth-order valence-corrected chi connectivity index (χ4v) is 2.54. The molecule has 0 aliphatic rings. The quantitative estimate of drug-likeness (QED) is 0.855. The summed E-state index contributed by atoms with van der Waals surface area (Å²) in [6, 6.07) is 4.48. The topological polar surface area (TPSA) is 24.9 Å². The molecule has 1 aromatic carbocycles. The predicted molar refractivity (Wildman–Crippen MR) is 80.8 cm³/mol. The van der Waals surface area contributed by atoms with Crippen molar-refractivity contribution in [2.45, 2.75) is 19.4 Å². The second kappa shape index (κ2) is 7.16. The lowest BCUT2D eigenvalue weighted by molar-refractivity contribution is 0.498. The highest BCUT2D eigenvalue weighted by atomic mass is 35.5. The van der Waals surface area contributed by atoms with E-state index in [-0.39, 0.29) is 10.6 Å². The fourth-order valence-electron chi connectivity index (χ4n) is 2.05. The molecule has 21 heavy (non-hydrogen) atoms. The van der Waals surface area contributed by atoms with Gasteiger partial charge in [0.25, 0.3) is 0 Å². The fraction of sp³-hybridized carbons (Fsp3) is 0.267. The number of halogens is 4. The number of nitrogens with one attached hydrogen (secondary N) is 1. The second-order valence-corrected chi connectivity index (χ2v) is 5.39. The van der Waals surface area contributed by atoms with Crippen LogP contribution >= 0.6 is 23.2 Å². The van der Waals surface area contributed by atoms with Crippen LogP contribution in [0.25, 0.3) is 0 Å². The van der Waals surface area contributed by atoms with Gasteiger partial charge in [-0.25, -0.2) is 8.78 Å².